The van der Waals surface area contributed by atoms with Crippen LogP contribution >= 0.6 is 0 Å². The Balaban J connectivity index is 1.31. The van der Waals surface area contributed by atoms with Crippen LogP contribution in [0.4, 0.5) is 29.5 Å². The third kappa shape index (κ3) is 5.50. The molecule has 14 nitrogen and oxygen atoms in total. The predicted octanol–water partition coefficient (Wildman–Crippen LogP) is 1.46. The molecule has 1 aliphatic carbocycles. The first-order chi connectivity index (χ1) is 18.7. The molecule has 2 aliphatic heterocycles. The molecule has 3 aliphatic rings. The molecule has 5 heterocycles. The molecule has 200 valence electrons. The number of carbonyl (C=O) groups excluding carboxylic acids is 1. The molecule has 2 saturated heterocycles. The van der Waals surface area contributed by atoms with E-state index in [9.17, 15) is 4.79 Å². The van der Waals surface area contributed by atoms with Gasteiger partial charge in [0.2, 0.25) is 23.8 Å². The lowest BCUT2D eigenvalue weighted by Gasteiger charge is -2.26. The molecule has 6 rings (SSSR count). The van der Waals surface area contributed by atoms with E-state index in [1.165, 1.54) is 25.2 Å². The maximum Gasteiger partial charge on any atom is 0.248 e. The van der Waals surface area contributed by atoms with Crippen molar-refractivity contribution in [2.24, 2.45) is 0 Å². The van der Waals surface area contributed by atoms with E-state index >= 15 is 0 Å². The number of hydrogen-bond donors (Lipinski definition) is 3. The standard InChI is InChI=1S/C24H31N11O3/c1-37-16-11-18(21(36)27-20-13-25-5-6-26-20)35(14-16)24-30-22(28-19-12-17(32-33-19)15-3-4-15)29-23(31-24)34-7-2-9-38-10-8-34/h5-6,12-13,15-16,18H,2-4,7-11,14H2,1H3,(H,26,27,36)(H2,28,29,30,31,32,33)/t16-,18-/m0/s1. The zero-order valence-corrected chi connectivity index (χ0v) is 21.2. The Morgan fingerprint density at radius 1 is 1.13 bits per heavy atom. The molecular weight excluding hydrogens is 490 g/mol. The molecule has 0 unspecified atom stereocenters. The van der Waals surface area contributed by atoms with Gasteiger partial charge < -0.3 is 29.9 Å². The summed E-state index contributed by atoms with van der Waals surface area (Å²) in [5.41, 5.74) is 1.11. The Kier molecular flexibility index (Phi) is 6.96. The van der Waals surface area contributed by atoms with Crippen LogP contribution in [0.5, 0.6) is 0 Å². The summed E-state index contributed by atoms with van der Waals surface area (Å²) in [6, 6.07) is 1.43. The number of aromatic amines is 1. The summed E-state index contributed by atoms with van der Waals surface area (Å²) in [5, 5.41) is 13.6. The minimum Gasteiger partial charge on any atom is -0.380 e. The second-order valence-corrected chi connectivity index (χ2v) is 9.66. The number of nitrogens with zero attached hydrogens (tertiary/aromatic N) is 8. The number of methoxy groups -OCH3 is 1. The van der Waals surface area contributed by atoms with Crippen LogP contribution in [0.2, 0.25) is 0 Å². The monoisotopic (exact) mass is 521 g/mol. The van der Waals surface area contributed by atoms with E-state index in [-0.39, 0.29) is 12.0 Å². The lowest BCUT2D eigenvalue weighted by molar-refractivity contribution is -0.117. The first-order valence-electron chi connectivity index (χ1n) is 12.9. The molecule has 2 atom stereocenters. The van der Waals surface area contributed by atoms with Gasteiger partial charge in [-0.25, -0.2) is 4.98 Å². The molecule has 1 amide bonds. The number of rotatable bonds is 8. The molecule has 38 heavy (non-hydrogen) atoms. The summed E-state index contributed by atoms with van der Waals surface area (Å²) in [6.45, 7) is 3.16. The Labute approximate surface area is 219 Å². The van der Waals surface area contributed by atoms with Crippen LogP contribution < -0.4 is 20.4 Å². The highest BCUT2D eigenvalue weighted by atomic mass is 16.5. The molecule has 0 radical (unpaired) electrons. The van der Waals surface area contributed by atoms with Crippen molar-refractivity contribution in [1.29, 1.82) is 0 Å². The third-order valence-electron chi connectivity index (χ3n) is 6.94. The van der Waals surface area contributed by atoms with E-state index < -0.39 is 6.04 Å². The number of hydrogen-bond acceptors (Lipinski definition) is 12. The highest BCUT2D eigenvalue weighted by Crippen LogP contribution is 2.39. The SMILES string of the molecule is CO[C@H]1C[C@@H](C(=O)Nc2cnccn2)N(c2nc(Nc3cc(C4CC4)[nH]n3)nc(N3CCCOCC3)n2)C1. The smallest absolute Gasteiger partial charge is 0.248 e. The quantitative estimate of drug-likeness (QED) is 0.392. The van der Waals surface area contributed by atoms with Gasteiger partial charge >= 0.3 is 0 Å². The Bertz CT molecular complexity index is 1240. The highest BCUT2D eigenvalue weighted by Gasteiger charge is 2.39. The molecule has 3 aromatic heterocycles. The fourth-order valence-corrected chi connectivity index (χ4v) is 4.76. The van der Waals surface area contributed by atoms with E-state index in [4.69, 9.17) is 24.4 Å². The summed E-state index contributed by atoms with van der Waals surface area (Å²) < 4.78 is 11.3. The molecule has 3 N–H and O–H groups in total. The Hall–Kier alpha value is -3.91. The molecule has 0 aromatic carbocycles. The molecule has 3 fully saturated rings. The van der Waals surface area contributed by atoms with Gasteiger partial charge in [-0.05, 0) is 19.3 Å². The Morgan fingerprint density at radius 3 is 2.84 bits per heavy atom. The minimum absolute atomic E-state index is 0.164. The highest BCUT2D eigenvalue weighted by molar-refractivity contribution is 5.96. The topological polar surface area (TPSA) is 159 Å². The van der Waals surface area contributed by atoms with E-state index in [1.54, 1.807) is 13.3 Å². The van der Waals surface area contributed by atoms with Gasteiger partial charge in [0.1, 0.15) is 6.04 Å². The fraction of sp³-hybridized carbons (Fsp3) is 0.542. The van der Waals surface area contributed by atoms with Gasteiger partial charge in [-0.2, -0.15) is 20.1 Å². The number of carbonyl (C=O) groups is 1. The average molecular weight is 522 g/mol. The van der Waals surface area contributed by atoms with Gasteiger partial charge in [0.05, 0.1) is 18.9 Å². The molecule has 14 heteroatoms. The lowest BCUT2D eigenvalue weighted by atomic mass is 10.2. The summed E-state index contributed by atoms with van der Waals surface area (Å²) in [7, 11) is 1.64. The van der Waals surface area contributed by atoms with E-state index in [1.807, 2.05) is 11.0 Å². The maximum absolute atomic E-state index is 13.3. The predicted molar refractivity (Wildman–Crippen MR) is 139 cm³/mol. The van der Waals surface area contributed by atoms with Crippen LogP contribution in [0.1, 0.15) is 37.3 Å². The zero-order valence-electron chi connectivity index (χ0n) is 21.2. The van der Waals surface area contributed by atoms with Gasteiger partial charge in [0.25, 0.3) is 0 Å². The number of H-pyrrole nitrogens is 1. The van der Waals surface area contributed by atoms with Crippen molar-refractivity contribution >= 4 is 35.4 Å². The van der Waals surface area contributed by atoms with E-state index in [0.717, 1.165) is 18.7 Å². The summed E-state index contributed by atoms with van der Waals surface area (Å²) in [4.78, 5) is 39.7. The van der Waals surface area contributed by atoms with Gasteiger partial charge in [-0.3, -0.25) is 14.9 Å². The minimum atomic E-state index is -0.565. The van der Waals surface area contributed by atoms with Crippen LogP contribution in [0.3, 0.4) is 0 Å². The number of amides is 1. The van der Waals surface area contributed by atoms with E-state index in [2.05, 4.69) is 35.7 Å². The first-order valence-corrected chi connectivity index (χ1v) is 12.9. The molecule has 1 saturated carbocycles. The fourth-order valence-electron chi connectivity index (χ4n) is 4.76. The maximum atomic E-state index is 13.3. The van der Waals surface area contributed by atoms with Crippen molar-refractivity contribution < 1.29 is 14.3 Å². The number of ether oxygens (including phenoxy) is 2. The third-order valence-corrected chi connectivity index (χ3v) is 6.94. The lowest BCUT2D eigenvalue weighted by Crippen LogP contribution is -2.41. The van der Waals surface area contributed by atoms with Gasteiger partial charge in [-0.1, -0.05) is 0 Å². The van der Waals surface area contributed by atoms with Crippen LogP contribution in [-0.4, -0.2) is 93.1 Å². The largest absolute Gasteiger partial charge is 0.380 e. The normalized spacial score (nSPS) is 21.8. The van der Waals surface area contributed by atoms with Crippen LogP contribution in [-0.2, 0) is 14.3 Å². The van der Waals surface area contributed by atoms with E-state index in [0.29, 0.717) is 68.1 Å². The van der Waals surface area contributed by atoms with Crippen molar-refractivity contribution in [3.05, 3.63) is 30.4 Å². The van der Waals surface area contributed by atoms with Crippen molar-refractivity contribution in [1.82, 2.24) is 35.1 Å². The molecular formula is C24H31N11O3. The van der Waals surface area contributed by atoms with Gasteiger partial charge in [0.15, 0.2) is 11.6 Å². The van der Waals surface area contributed by atoms with Gasteiger partial charge in [-0.15, -0.1) is 0 Å². The van der Waals surface area contributed by atoms with Crippen molar-refractivity contribution in [3.8, 4) is 0 Å². The van der Waals surface area contributed by atoms with Crippen molar-refractivity contribution in [2.75, 3.05) is 60.4 Å². The summed E-state index contributed by atoms with van der Waals surface area (Å²) in [5.74, 6) is 2.61. The van der Waals surface area contributed by atoms with Crippen LogP contribution in [0.25, 0.3) is 0 Å². The Morgan fingerprint density at radius 2 is 2.03 bits per heavy atom. The number of nitrogens with one attached hydrogen (secondary N) is 3. The molecule has 0 spiro atoms. The van der Waals surface area contributed by atoms with Crippen LogP contribution in [0.15, 0.2) is 24.7 Å². The van der Waals surface area contributed by atoms with Crippen LogP contribution in [0, 0.1) is 0 Å². The van der Waals surface area contributed by atoms with Crippen molar-refractivity contribution in [3.63, 3.8) is 0 Å². The second kappa shape index (κ2) is 10.8. The average Bonchev–Trinajstić information content (AvgIpc) is 3.62. The van der Waals surface area contributed by atoms with Crippen molar-refractivity contribution in [2.45, 2.75) is 43.7 Å². The second-order valence-electron chi connectivity index (χ2n) is 9.66. The zero-order chi connectivity index (χ0) is 25.9. The first kappa shape index (κ1) is 24.4. The number of anilines is 5. The summed E-state index contributed by atoms with van der Waals surface area (Å²) in [6.07, 6.45) is 8.13. The number of aromatic nitrogens is 7. The summed E-state index contributed by atoms with van der Waals surface area (Å²) >= 11 is 0. The van der Waals surface area contributed by atoms with Gasteiger partial charge in [0, 0.05) is 69.8 Å². The molecule has 3 aromatic rings. The molecule has 0 bridgehead atoms.